The summed E-state index contributed by atoms with van der Waals surface area (Å²) in [7, 11) is -1.69. The number of thiophene rings is 1. The number of ether oxygens (including phenoxy) is 1. The second-order valence-corrected chi connectivity index (χ2v) is 11.9. The van der Waals surface area contributed by atoms with Crippen LogP contribution in [0.15, 0.2) is 0 Å². The molecule has 1 saturated heterocycles. The van der Waals surface area contributed by atoms with Crippen molar-refractivity contribution in [2.45, 2.75) is 56.7 Å². The smallest absolute Gasteiger partial charge is 0.341 e. The van der Waals surface area contributed by atoms with Gasteiger partial charge in [-0.05, 0) is 31.7 Å². The summed E-state index contributed by atoms with van der Waals surface area (Å²) in [6, 6.07) is -0.515. The molecule has 0 aromatic carbocycles. The molecule has 1 aromatic heterocycles. The molecule has 0 bridgehead atoms. The van der Waals surface area contributed by atoms with Gasteiger partial charge in [0.15, 0.2) is 9.84 Å². The Balaban J connectivity index is 1.56. The summed E-state index contributed by atoms with van der Waals surface area (Å²) in [5, 5.41) is 2.81. The molecule has 3 aliphatic rings. The first-order valence-corrected chi connectivity index (χ1v) is 13.6. The highest BCUT2D eigenvalue weighted by Crippen LogP contribution is 2.40. The van der Waals surface area contributed by atoms with Crippen LogP contribution in [0.3, 0.4) is 0 Å². The molecule has 2 fully saturated rings. The Bertz CT molecular complexity index is 1120. The van der Waals surface area contributed by atoms with E-state index in [1.54, 1.807) is 14.0 Å². The van der Waals surface area contributed by atoms with Gasteiger partial charge in [-0.15, -0.1) is 11.3 Å². The molecule has 4 amide bonds. The number of urea groups is 1. The van der Waals surface area contributed by atoms with Gasteiger partial charge in [-0.25, -0.2) is 18.0 Å². The van der Waals surface area contributed by atoms with E-state index in [1.165, 1.54) is 4.90 Å². The Morgan fingerprint density at radius 3 is 2.55 bits per heavy atom. The molecule has 0 unspecified atom stereocenters. The summed E-state index contributed by atoms with van der Waals surface area (Å²) in [6.07, 6.45) is 4.00. The maximum Gasteiger partial charge on any atom is 0.341 e. The van der Waals surface area contributed by atoms with Gasteiger partial charge in [-0.2, -0.15) is 0 Å². The van der Waals surface area contributed by atoms with Crippen LogP contribution in [0, 0.1) is 0 Å². The van der Waals surface area contributed by atoms with Crippen molar-refractivity contribution in [2.24, 2.45) is 0 Å². The van der Waals surface area contributed by atoms with E-state index < -0.39 is 39.8 Å². The van der Waals surface area contributed by atoms with Crippen molar-refractivity contribution in [3.8, 4) is 0 Å². The Kier molecular flexibility index (Phi) is 6.25. The molecule has 33 heavy (non-hydrogen) atoms. The lowest BCUT2D eigenvalue weighted by molar-refractivity contribution is -0.136. The number of fused-ring (bicyclic) bond motifs is 1. The van der Waals surface area contributed by atoms with Gasteiger partial charge in [-0.3, -0.25) is 14.5 Å². The minimum atomic E-state index is -3.28. The molecule has 10 nitrogen and oxygen atoms in total. The van der Waals surface area contributed by atoms with E-state index in [0.29, 0.717) is 23.3 Å². The van der Waals surface area contributed by atoms with Crippen LogP contribution in [0.2, 0.25) is 0 Å². The minimum absolute atomic E-state index is 0.0816. The third kappa shape index (κ3) is 4.14. The minimum Gasteiger partial charge on any atom is -0.462 e. The molecule has 0 atom stereocenters. The van der Waals surface area contributed by atoms with E-state index in [0.717, 1.165) is 35.5 Å². The second kappa shape index (κ2) is 8.71. The molecule has 180 valence electrons. The van der Waals surface area contributed by atoms with E-state index in [2.05, 4.69) is 5.32 Å². The number of esters is 1. The predicted molar refractivity (Wildman–Crippen MR) is 121 cm³/mol. The van der Waals surface area contributed by atoms with Gasteiger partial charge in [0.1, 0.15) is 17.1 Å². The molecule has 1 saturated carbocycles. The highest BCUT2D eigenvalue weighted by atomic mass is 32.2. The molecule has 0 radical (unpaired) electrons. The number of sulfone groups is 1. The fourth-order valence-electron chi connectivity index (χ4n) is 4.91. The summed E-state index contributed by atoms with van der Waals surface area (Å²) in [5.74, 6) is -1.93. The number of anilines is 1. The van der Waals surface area contributed by atoms with E-state index in [4.69, 9.17) is 4.74 Å². The number of imide groups is 1. The first kappa shape index (κ1) is 23.7. The fraction of sp³-hybridized carbons (Fsp3) is 0.619. The lowest BCUT2D eigenvalue weighted by Gasteiger charge is -2.35. The largest absolute Gasteiger partial charge is 0.462 e. The number of carbonyl (C=O) groups excluding carboxylic acids is 4. The van der Waals surface area contributed by atoms with Gasteiger partial charge in [0.05, 0.1) is 23.7 Å². The first-order chi connectivity index (χ1) is 15.6. The summed E-state index contributed by atoms with van der Waals surface area (Å²) >= 11 is 1.02. The Labute approximate surface area is 196 Å². The van der Waals surface area contributed by atoms with Crippen LogP contribution in [0.4, 0.5) is 9.80 Å². The van der Waals surface area contributed by atoms with Gasteiger partial charge < -0.3 is 15.0 Å². The summed E-state index contributed by atoms with van der Waals surface area (Å²) in [4.78, 5) is 54.3. The Morgan fingerprint density at radius 1 is 1.18 bits per heavy atom. The number of nitrogens with zero attached hydrogens (tertiary/aromatic N) is 2. The molecular weight excluding hydrogens is 470 g/mol. The normalized spacial score (nSPS) is 21.3. The number of nitrogens with one attached hydrogen (secondary N) is 1. The predicted octanol–water partition coefficient (Wildman–Crippen LogP) is 1.93. The third-order valence-electron chi connectivity index (χ3n) is 6.62. The van der Waals surface area contributed by atoms with Crippen molar-refractivity contribution in [3.05, 3.63) is 16.0 Å². The molecule has 4 rings (SSSR count). The zero-order valence-corrected chi connectivity index (χ0v) is 20.3. The quantitative estimate of drug-likeness (QED) is 0.486. The van der Waals surface area contributed by atoms with Gasteiger partial charge in [0.25, 0.3) is 5.91 Å². The Morgan fingerprint density at radius 2 is 1.88 bits per heavy atom. The number of amides is 4. The van der Waals surface area contributed by atoms with Crippen LogP contribution in [-0.4, -0.2) is 73.5 Å². The van der Waals surface area contributed by atoms with Crippen molar-refractivity contribution >= 4 is 50.0 Å². The lowest BCUT2D eigenvalue weighted by atomic mass is 9.81. The average Bonchev–Trinajstić information content (AvgIpc) is 3.18. The molecule has 1 aliphatic carbocycles. The van der Waals surface area contributed by atoms with Gasteiger partial charge in [0.2, 0.25) is 5.91 Å². The van der Waals surface area contributed by atoms with Crippen molar-refractivity contribution in [1.82, 2.24) is 9.80 Å². The zero-order valence-electron chi connectivity index (χ0n) is 18.6. The van der Waals surface area contributed by atoms with Gasteiger partial charge >= 0.3 is 12.0 Å². The molecule has 12 heteroatoms. The van der Waals surface area contributed by atoms with Crippen LogP contribution >= 0.6 is 11.3 Å². The highest BCUT2D eigenvalue weighted by Gasteiger charge is 2.55. The van der Waals surface area contributed by atoms with Gasteiger partial charge in [-0.1, -0.05) is 19.3 Å². The van der Waals surface area contributed by atoms with Crippen molar-refractivity contribution in [2.75, 3.05) is 31.3 Å². The standard InChI is InChI=1S/C21H27N3O7S2/c1-3-31-18(26)16-13-7-10-33(29,30)12-14(13)32-17(16)22-15(25)11-24-19(27)21(23(2)20(24)28)8-5-4-6-9-21/h3-12H2,1-2H3,(H,22,25). The van der Waals surface area contributed by atoms with Crippen molar-refractivity contribution in [1.29, 1.82) is 0 Å². The first-order valence-electron chi connectivity index (χ1n) is 11.0. The van der Waals surface area contributed by atoms with E-state index >= 15 is 0 Å². The zero-order chi connectivity index (χ0) is 24.0. The maximum absolute atomic E-state index is 13.1. The van der Waals surface area contributed by atoms with Gasteiger partial charge in [0, 0.05) is 11.9 Å². The number of carbonyl (C=O) groups is 4. The summed E-state index contributed by atoms with van der Waals surface area (Å²) < 4.78 is 29.2. The van der Waals surface area contributed by atoms with Crippen LogP contribution < -0.4 is 5.32 Å². The van der Waals surface area contributed by atoms with E-state index in [9.17, 15) is 27.6 Å². The monoisotopic (exact) mass is 497 g/mol. The van der Waals surface area contributed by atoms with Crippen molar-refractivity contribution < 1.29 is 32.3 Å². The van der Waals surface area contributed by atoms with Crippen LogP contribution in [0.5, 0.6) is 0 Å². The van der Waals surface area contributed by atoms with Crippen LogP contribution in [0.25, 0.3) is 0 Å². The Hall–Kier alpha value is -2.47. The van der Waals surface area contributed by atoms with Crippen LogP contribution in [0.1, 0.15) is 59.8 Å². The number of likely N-dealkylation sites (N-methyl/N-ethyl adjacent to an activating group) is 1. The molecule has 1 N–H and O–H groups in total. The number of hydrogen-bond donors (Lipinski definition) is 1. The summed E-state index contributed by atoms with van der Waals surface area (Å²) in [6.45, 7) is 1.30. The van der Waals surface area contributed by atoms with E-state index in [-0.39, 0.29) is 41.0 Å². The fourth-order valence-corrected chi connectivity index (χ4v) is 7.97. The third-order valence-corrected chi connectivity index (χ3v) is 9.51. The molecular formula is C21H27N3O7S2. The topological polar surface area (TPSA) is 130 Å². The number of rotatable bonds is 5. The van der Waals surface area contributed by atoms with Crippen LogP contribution in [-0.2, 0) is 36.3 Å². The SMILES string of the molecule is CCOC(=O)c1c(NC(=O)CN2C(=O)N(C)C3(CCCCC3)C2=O)sc2c1CCS(=O)(=O)C2. The average molecular weight is 498 g/mol. The lowest BCUT2D eigenvalue weighted by Crippen LogP contribution is -2.49. The highest BCUT2D eigenvalue weighted by molar-refractivity contribution is 7.90. The molecule has 2 aliphatic heterocycles. The molecule has 1 aromatic rings. The van der Waals surface area contributed by atoms with Crippen molar-refractivity contribution in [3.63, 3.8) is 0 Å². The molecule has 1 spiro atoms. The summed E-state index contributed by atoms with van der Waals surface area (Å²) in [5.41, 5.74) is -0.167. The van der Waals surface area contributed by atoms with E-state index in [1.807, 2.05) is 0 Å². The number of hydrogen-bond acceptors (Lipinski definition) is 8. The molecule has 3 heterocycles. The maximum atomic E-state index is 13.1. The second-order valence-electron chi connectivity index (χ2n) is 8.64.